The molecular formula is C10H16N6O9P2. The maximum Gasteiger partial charge on any atom is 0.477 e. The van der Waals surface area contributed by atoms with Crippen LogP contribution in [-0.4, -0.2) is 69.3 Å². The molecule has 0 bridgehead atoms. The van der Waals surface area contributed by atoms with Gasteiger partial charge in [-0.3, -0.25) is 9.09 Å². The molecule has 0 aromatic carbocycles. The van der Waals surface area contributed by atoms with E-state index in [1.807, 2.05) is 0 Å². The second kappa shape index (κ2) is 7.14. The van der Waals surface area contributed by atoms with Crippen LogP contribution in [0.1, 0.15) is 6.23 Å². The number of aromatic nitrogens is 4. The fraction of sp³-hybridized carbons (Fsp3) is 0.500. The van der Waals surface area contributed by atoms with Crippen LogP contribution in [-0.2, 0) is 18.1 Å². The fourth-order valence-electron chi connectivity index (χ4n) is 2.50. The van der Waals surface area contributed by atoms with Gasteiger partial charge in [-0.1, -0.05) is 0 Å². The minimum Gasteiger partial charge on any atom is -0.387 e. The van der Waals surface area contributed by atoms with E-state index in [-0.39, 0.29) is 17.0 Å². The normalized spacial score (nSPS) is 28.5. The summed E-state index contributed by atoms with van der Waals surface area (Å²) in [5, 5.41) is 27.6. The number of nitrogens with two attached hydrogens (primary N) is 1. The van der Waals surface area contributed by atoms with Crippen molar-refractivity contribution >= 4 is 32.5 Å². The molecular weight excluding hydrogens is 410 g/mol. The van der Waals surface area contributed by atoms with E-state index in [0.29, 0.717) is 0 Å². The summed E-state index contributed by atoms with van der Waals surface area (Å²) >= 11 is 0. The Morgan fingerprint density at radius 2 is 1.96 bits per heavy atom. The average molecular weight is 426 g/mol. The summed E-state index contributed by atoms with van der Waals surface area (Å²) in [6.45, 7) is -0.688. The number of aliphatic hydroxyl groups excluding tert-OH is 2. The Labute approximate surface area is 150 Å². The molecule has 150 valence electrons. The molecule has 17 heteroatoms. The molecule has 0 spiro atoms. The predicted molar refractivity (Wildman–Crippen MR) is 86.6 cm³/mol. The topological polar surface area (TPSA) is 239 Å². The van der Waals surface area contributed by atoms with Crippen molar-refractivity contribution in [3.8, 4) is 0 Å². The Hall–Kier alpha value is -1.51. The summed E-state index contributed by atoms with van der Waals surface area (Å²) in [5.74, 6) is 0.102. The zero-order valence-electron chi connectivity index (χ0n) is 13.3. The molecule has 15 nitrogen and oxygen atoms in total. The zero-order valence-corrected chi connectivity index (χ0v) is 15.1. The number of nitrogens with one attached hydrogen (secondary N) is 1. The van der Waals surface area contributed by atoms with Crippen LogP contribution in [0.25, 0.3) is 11.2 Å². The number of fused-ring (bicyclic) bond motifs is 1. The molecule has 2 aromatic rings. The van der Waals surface area contributed by atoms with E-state index in [4.69, 9.17) is 25.4 Å². The quantitative estimate of drug-likeness (QED) is 0.265. The van der Waals surface area contributed by atoms with E-state index in [1.54, 1.807) is 0 Å². The van der Waals surface area contributed by atoms with Gasteiger partial charge < -0.3 is 35.4 Å². The van der Waals surface area contributed by atoms with Gasteiger partial charge in [0.25, 0.3) is 0 Å². The Kier molecular flexibility index (Phi) is 5.35. The van der Waals surface area contributed by atoms with E-state index < -0.39 is 46.7 Å². The van der Waals surface area contributed by atoms with Crippen molar-refractivity contribution in [1.29, 1.82) is 5.16 Å². The van der Waals surface area contributed by atoms with Crippen LogP contribution in [0.4, 0.5) is 5.82 Å². The molecule has 0 unspecified atom stereocenters. The van der Waals surface area contributed by atoms with E-state index >= 15 is 0 Å². The van der Waals surface area contributed by atoms with Gasteiger partial charge in [0, 0.05) is 0 Å². The Bertz CT molecular complexity index is 933. The summed E-state index contributed by atoms with van der Waals surface area (Å²) in [7, 11) is -9.79. The molecule has 1 aliphatic heterocycles. The van der Waals surface area contributed by atoms with Gasteiger partial charge in [0.05, 0.1) is 12.9 Å². The molecule has 0 aliphatic carbocycles. The summed E-state index contributed by atoms with van der Waals surface area (Å²) < 4.78 is 26.0. The van der Waals surface area contributed by atoms with Gasteiger partial charge in [-0.15, -0.1) is 0 Å². The monoisotopic (exact) mass is 426 g/mol. The number of hydrogen-bond donors (Lipinski definition) is 7. The highest BCUT2D eigenvalue weighted by molar-refractivity contribution is 7.61. The first kappa shape index (κ1) is 20.2. The lowest BCUT2D eigenvalue weighted by Crippen LogP contribution is -2.33. The fourth-order valence-corrected chi connectivity index (χ4v) is 4.19. The maximum absolute atomic E-state index is 10.7. The molecule has 3 rings (SSSR count). The Morgan fingerprint density at radius 1 is 1.26 bits per heavy atom. The highest BCUT2D eigenvalue weighted by Crippen LogP contribution is 2.58. The van der Waals surface area contributed by atoms with Crippen molar-refractivity contribution in [2.45, 2.75) is 24.5 Å². The van der Waals surface area contributed by atoms with Crippen molar-refractivity contribution in [2.75, 3.05) is 12.3 Å². The second-order valence-electron chi connectivity index (χ2n) is 5.52. The highest BCUT2D eigenvalue weighted by Gasteiger charge is 2.45. The Balaban J connectivity index is 1.75. The number of ether oxygens (including phenoxy) is 1. The van der Waals surface area contributed by atoms with Crippen LogP contribution >= 0.6 is 15.6 Å². The van der Waals surface area contributed by atoms with E-state index in [2.05, 4.69) is 23.8 Å². The van der Waals surface area contributed by atoms with E-state index in [1.165, 1.54) is 17.2 Å². The van der Waals surface area contributed by atoms with Crippen molar-refractivity contribution in [3.63, 3.8) is 0 Å². The van der Waals surface area contributed by atoms with E-state index in [9.17, 15) is 19.7 Å². The third-order valence-electron chi connectivity index (χ3n) is 3.63. The van der Waals surface area contributed by atoms with E-state index in [0.717, 1.165) is 0 Å². The molecule has 3 heterocycles. The third-order valence-corrected chi connectivity index (χ3v) is 5.86. The molecule has 1 aliphatic rings. The number of nitrogen functional groups attached to an aromatic ring is 1. The van der Waals surface area contributed by atoms with Crippen LogP contribution in [0.5, 0.6) is 0 Å². The van der Waals surface area contributed by atoms with Gasteiger partial charge in [0.15, 0.2) is 17.7 Å². The maximum atomic E-state index is 10.7. The summed E-state index contributed by atoms with van der Waals surface area (Å²) in [6.07, 6.45) is -2.94. The third kappa shape index (κ3) is 4.33. The molecule has 27 heavy (non-hydrogen) atoms. The van der Waals surface area contributed by atoms with Gasteiger partial charge in [0.2, 0.25) is 0 Å². The molecule has 0 radical (unpaired) electrons. The first-order valence-corrected chi connectivity index (χ1v) is 10.3. The van der Waals surface area contributed by atoms with Gasteiger partial charge in [-0.2, -0.15) is 0 Å². The summed E-state index contributed by atoms with van der Waals surface area (Å²) in [4.78, 5) is 38.5. The van der Waals surface area contributed by atoms with Gasteiger partial charge >= 0.3 is 15.6 Å². The van der Waals surface area contributed by atoms with Crippen LogP contribution in [0.3, 0.4) is 0 Å². The Morgan fingerprint density at radius 3 is 2.63 bits per heavy atom. The standard InChI is InChI=1S/C10H16N6O9P2/c11-8-5-9(14-2-13-8)16(3-15-5)10-7(18)6(17)4(24-10)1-23-26(12,19)25-27(20,21)22/h2-4,6-7,10,17-18H,1H2,(H2,12,19)(H2,11,13,14)(H2,20,21,22)/t4-,6-,7-,10-,26+/m1/s1. The number of aliphatic hydroxyl groups is 2. The van der Waals surface area contributed by atoms with Crippen molar-refractivity contribution in [3.05, 3.63) is 12.7 Å². The zero-order chi connectivity index (χ0) is 20.0. The smallest absolute Gasteiger partial charge is 0.387 e. The molecule has 8 N–H and O–H groups in total. The average Bonchev–Trinajstić information content (AvgIpc) is 3.07. The molecule has 2 aromatic heterocycles. The summed E-state index contributed by atoms with van der Waals surface area (Å²) in [5.41, 5.74) is 6.17. The number of nitrogens with zero attached hydrogens (tertiary/aromatic N) is 4. The lowest BCUT2D eigenvalue weighted by Gasteiger charge is -2.19. The molecule has 1 fully saturated rings. The SMILES string of the molecule is N=[P@](O)(OC[C@H]1O[C@@H](n2cnc3c(N)ncnc32)[C@H](O)[C@@H]1O)OP(=O)(O)O. The first-order valence-electron chi connectivity index (χ1n) is 7.21. The molecule has 5 atom stereocenters. The number of hydrogen-bond acceptors (Lipinski definition) is 11. The minimum atomic E-state index is -5.16. The molecule has 0 amide bonds. The van der Waals surface area contributed by atoms with Gasteiger partial charge in [-0.25, -0.2) is 29.0 Å². The lowest BCUT2D eigenvalue weighted by molar-refractivity contribution is -0.0491. The molecule has 1 saturated heterocycles. The van der Waals surface area contributed by atoms with Crippen molar-refractivity contribution in [1.82, 2.24) is 19.5 Å². The second-order valence-corrected chi connectivity index (χ2v) is 8.45. The first-order chi connectivity index (χ1) is 12.5. The van der Waals surface area contributed by atoms with Crippen LogP contribution in [0, 0.1) is 5.16 Å². The largest absolute Gasteiger partial charge is 0.477 e. The van der Waals surface area contributed by atoms with Crippen LogP contribution in [0.2, 0.25) is 0 Å². The number of rotatable bonds is 6. The minimum absolute atomic E-state index is 0.102. The predicted octanol–water partition coefficient (Wildman–Crippen LogP) is -1.33. The number of anilines is 1. The van der Waals surface area contributed by atoms with Crippen molar-refractivity contribution in [2.24, 2.45) is 0 Å². The highest BCUT2D eigenvalue weighted by atomic mass is 31.3. The van der Waals surface area contributed by atoms with Crippen molar-refractivity contribution < 1.29 is 43.0 Å². The summed E-state index contributed by atoms with van der Waals surface area (Å²) in [6, 6.07) is 0. The number of phosphoric acid groups is 1. The lowest BCUT2D eigenvalue weighted by atomic mass is 10.1. The number of imidazole rings is 1. The molecule has 0 saturated carbocycles. The van der Waals surface area contributed by atoms with Gasteiger partial charge in [-0.05, 0) is 0 Å². The van der Waals surface area contributed by atoms with Crippen LogP contribution < -0.4 is 5.73 Å². The van der Waals surface area contributed by atoms with Crippen LogP contribution in [0.15, 0.2) is 12.7 Å². The van der Waals surface area contributed by atoms with Gasteiger partial charge in [0.1, 0.15) is 30.2 Å².